The van der Waals surface area contributed by atoms with Crippen molar-refractivity contribution in [3.8, 4) is 5.69 Å². The van der Waals surface area contributed by atoms with Crippen LogP contribution < -0.4 is 5.32 Å². The Balaban J connectivity index is 1.71. The summed E-state index contributed by atoms with van der Waals surface area (Å²) in [6.07, 6.45) is 3.44. The van der Waals surface area contributed by atoms with Gasteiger partial charge in [0.25, 0.3) is 0 Å². The predicted octanol–water partition coefficient (Wildman–Crippen LogP) is 1.54. The van der Waals surface area contributed by atoms with Crippen molar-refractivity contribution in [2.75, 3.05) is 0 Å². The van der Waals surface area contributed by atoms with Crippen molar-refractivity contribution in [2.45, 2.75) is 26.4 Å². The van der Waals surface area contributed by atoms with Gasteiger partial charge in [-0.1, -0.05) is 12.1 Å². The third-order valence-corrected chi connectivity index (χ3v) is 3.52. The molecule has 0 bridgehead atoms. The summed E-state index contributed by atoms with van der Waals surface area (Å²) in [4.78, 5) is 0. The van der Waals surface area contributed by atoms with Crippen molar-refractivity contribution in [2.24, 2.45) is 0 Å². The van der Waals surface area contributed by atoms with Crippen LogP contribution in [0.4, 0.5) is 0 Å². The number of nitrogens with one attached hydrogen (secondary N) is 2. The van der Waals surface area contributed by atoms with Gasteiger partial charge in [-0.2, -0.15) is 5.10 Å². The molecule has 0 saturated carbocycles. The normalized spacial score (nSPS) is 12.5. The van der Waals surface area contributed by atoms with Crippen LogP contribution >= 0.6 is 0 Å². The Labute approximate surface area is 122 Å². The van der Waals surface area contributed by atoms with E-state index >= 15 is 0 Å². The number of nitrogens with zero attached hydrogens (tertiary/aromatic N) is 5. The molecule has 108 valence electrons. The van der Waals surface area contributed by atoms with Crippen LogP contribution in [0.2, 0.25) is 0 Å². The van der Waals surface area contributed by atoms with Gasteiger partial charge in [0.2, 0.25) is 0 Å². The second-order valence-corrected chi connectivity index (χ2v) is 4.97. The summed E-state index contributed by atoms with van der Waals surface area (Å²) in [5.74, 6) is 0. The van der Waals surface area contributed by atoms with Crippen molar-refractivity contribution >= 4 is 0 Å². The van der Waals surface area contributed by atoms with Crippen LogP contribution in [0.25, 0.3) is 5.69 Å². The summed E-state index contributed by atoms with van der Waals surface area (Å²) in [6, 6.07) is 8.38. The van der Waals surface area contributed by atoms with E-state index in [1.54, 1.807) is 11.0 Å². The molecule has 3 aromatic rings. The summed E-state index contributed by atoms with van der Waals surface area (Å²) in [5.41, 5.74) is 4.41. The number of rotatable bonds is 5. The van der Waals surface area contributed by atoms with Crippen LogP contribution in [0.15, 0.2) is 36.8 Å². The van der Waals surface area contributed by atoms with Crippen molar-refractivity contribution in [3.05, 3.63) is 53.6 Å². The lowest BCUT2D eigenvalue weighted by Crippen LogP contribution is -2.18. The van der Waals surface area contributed by atoms with Gasteiger partial charge in [0.15, 0.2) is 0 Å². The fourth-order valence-corrected chi connectivity index (χ4v) is 2.15. The van der Waals surface area contributed by atoms with Crippen molar-refractivity contribution in [3.63, 3.8) is 0 Å². The second kappa shape index (κ2) is 5.84. The van der Waals surface area contributed by atoms with Gasteiger partial charge in [-0.3, -0.25) is 5.10 Å². The molecule has 1 aromatic carbocycles. The molecule has 0 aliphatic rings. The van der Waals surface area contributed by atoms with E-state index in [0.29, 0.717) is 0 Å². The Morgan fingerprint density at radius 3 is 3.00 bits per heavy atom. The molecule has 7 nitrogen and oxygen atoms in total. The summed E-state index contributed by atoms with van der Waals surface area (Å²) in [7, 11) is 0. The smallest absolute Gasteiger partial charge is 0.143 e. The van der Waals surface area contributed by atoms with E-state index in [1.807, 2.05) is 25.3 Å². The zero-order valence-corrected chi connectivity index (χ0v) is 12.0. The van der Waals surface area contributed by atoms with Gasteiger partial charge in [-0.25, -0.2) is 4.68 Å². The predicted molar refractivity (Wildman–Crippen MR) is 77.7 cm³/mol. The van der Waals surface area contributed by atoms with E-state index in [9.17, 15) is 0 Å². The summed E-state index contributed by atoms with van der Waals surface area (Å²) < 4.78 is 1.65. The molecule has 2 aromatic heterocycles. The van der Waals surface area contributed by atoms with Crippen LogP contribution in [0.1, 0.15) is 29.8 Å². The fraction of sp³-hybridized carbons (Fsp3) is 0.286. The highest BCUT2D eigenvalue weighted by molar-refractivity contribution is 5.35. The quantitative estimate of drug-likeness (QED) is 0.742. The van der Waals surface area contributed by atoms with Crippen LogP contribution in [0.5, 0.6) is 0 Å². The van der Waals surface area contributed by atoms with Crippen molar-refractivity contribution in [1.82, 2.24) is 35.7 Å². The lowest BCUT2D eigenvalue weighted by Gasteiger charge is -2.15. The lowest BCUT2D eigenvalue weighted by molar-refractivity contribution is 0.573. The number of hydrogen-bond donors (Lipinski definition) is 2. The van der Waals surface area contributed by atoms with E-state index < -0.39 is 0 Å². The molecular formula is C14H17N7. The number of aryl methyl sites for hydroxylation is 1. The van der Waals surface area contributed by atoms with Gasteiger partial charge in [-0.15, -0.1) is 5.10 Å². The molecule has 3 rings (SSSR count). The summed E-state index contributed by atoms with van der Waals surface area (Å²) in [5, 5.41) is 21.7. The van der Waals surface area contributed by atoms with Crippen LogP contribution in [0, 0.1) is 6.92 Å². The maximum Gasteiger partial charge on any atom is 0.143 e. The molecule has 0 aliphatic heterocycles. The molecule has 2 N–H and O–H groups in total. The Morgan fingerprint density at radius 2 is 2.29 bits per heavy atom. The Kier molecular flexibility index (Phi) is 3.74. The molecule has 0 radical (unpaired) electrons. The first kappa shape index (κ1) is 13.4. The Hall–Kier alpha value is -2.54. The third-order valence-electron chi connectivity index (χ3n) is 3.52. The third kappa shape index (κ3) is 2.97. The number of benzene rings is 1. The van der Waals surface area contributed by atoms with Gasteiger partial charge in [0.05, 0.1) is 11.9 Å². The summed E-state index contributed by atoms with van der Waals surface area (Å²) >= 11 is 0. The topological polar surface area (TPSA) is 84.3 Å². The minimum atomic E-state index is 0.218. The number of aromatic amines is 1. The molecule has 1 unspecified atom stereocenters. The monoisotopic (exact) mass is 283 g/mol. The second-order valence-electron chi connectivity index (χ2n) is 4.97. The van der Waals surface area contributed by atoms with E-state index in [0.717, 1.165) is 17.9 Å². The van der Waals surface area contributed by atoms with Crippen molar-refractivity contribution < 1.29 is 0 Å². The minimum Gasteiger partial charge on any atom is -0.306 e. The molecule has 0 saturated heterocycles. The zero-order chi connectivity index (χ0) is 14.7. The van der Waals surface area contributed by atoms with E-state index in [2.05, 4.69) is 50.1 Å². The van der Waals surface area contributed by atoms with Crippen LogP contribution in [0.3, 0.4) is 0 Å². The molecule has 1 atom stereocenters. The number of hydrogen-bond acceptors (Lipinski definition) is 5. The Bertz CT molecular complexity index is 702. The SMILES string of the molecule is Cc1[nH]ncc1CNC(C)c1cccc(-n2cnnn2)c1. The number of H-pyrrole nitrogens is 1. The number of tetrazole rings is 1. The summed E-state index contributed by atoms with van der Waals surface area (Å²) in [6.45, 7) is 4.93. The maximum atomic E-state index is 4.03. The average molecular weight is 283 g/mol. The molecular weight excluding hydrogens is 266 g/mol. The van der Waals surface area contributed by atoms with Gasteiger partial charge >= 0.3 is 0 Å². The highest BCUT2D eigenvalue weighted by atomic mass is 15.5. The van der Waals surface area contributed by atoms with E-state index in [4.69, 9.17) is 0 Å². The van der Waals surface area contributed by atoms with Gasteiger partial charge in [0, 0.05) is 23.8 Å². The van der Waals surface area contributed by atoms with Crippen LogP contribution in [-0.2, 0) is 6.54 Å². The molecule has 21 heavy (non-hydrogen) atoms. The number of aromatic nitrogens is 6. The first-order valence-electron chi connectivity index (χ1n) is 6.79. The first-order valence-corrected chi connectivity index (χ1v) is 6.79. The first-order chi connectivity index (χ1) is 10.2. The molecule has 0 fully saturated rings. The average Bonchev–Trinajstić information content (AvgIpc) is 3.16. The molecule has 0 spiro atoms. The molecule has 0 amide bonds. The van der Waals surface area contributed by atoms with E-state index in [1.165, 1.54) is 11.1 Å². The highest BCUT2D eigenvalue weighted by Gasteiger charge is 2.08. The van der Waals surface area contributed by atoms with Gasteiger partial charge in [0.1, 0.15) is 6.33 Å². The van der Waals surface area contributed by atoms with Crippen molar-refractivity contribution in [1.29, 1.82) is 0 Å². The van der Waals surface area contributed by atoms with Crippen LogP contribution in [-0.4, -0.2) is 30.4 Å². The maximum absolute atomic E-state index is 4.03. The Morgan fingerprint density at radius 1 is 1.38 bits per heavy atom. The fourth-order valence-electron chi connectivity index (χ4n) is 2.15. The standard InChI is InChI=1S/C14H17N7/c1-10(15-7-13-8-16-18-11(13)2)12-4-3-5-14(6-12)21-9-17-19-20-21/h3-6,8-10,15H,7H2,1-2H3,(H,16,18). The van der Waals surface area contributed by atoms with E-state index in [-0.39, 0.29) is 6.04 Å². The lowest BCUT2D eigenvalue weighted by atomic mass is 10.1. The largest absolute Gasteiger partial charge is 0.306 e. The highest BCUT2D eigenvalue weighted by Crippen LogP contribution is 2.17. The molecule has 2 heterocycles. The molecule has 0 aliphatic carbocycles. The zero-order valence-electron chi connectivity index (χ0n) is 12.0. The van der Waals surface area contributed by atoms with Gasteiger partial charge in [-0.05, 0) is 42.0 Å². The molecule has 7 heteroatoms. The minimum absolute atomic E-state index is 0.218. The van der Waals surface area contributed by atoms with Gasteiger partial charge < -0.3 is 5.32 Å².